The van der Waals surface area contributed by atoms with Crippen molar-refractivity contribution in [3.8, 4) is 5.69 Å². The number of hydrogen-bond acceptors (Lipinski definition) is 5. The molecule has 24 heavy (non-hydrogen) atoms. The molecule has 0 bridgehead atoms. The van der Waals surface area contributed by atoms with E-state index < -0.39 is 12.1 Å². The van der Waals surface area contributed by atoms with Crippen LogP contribution in [0.5, 0.6) is 0 Å². The number of hydrogen-bond donors (Lipinski definition) is 1. The molecule has 0 radical (unpaired) electrons. The highest BCUT2D eigenvalue weighted by molar-refractivity contribution is 5.96. The van der Waals surface area contributed by atoms with Gasteiger partial charge in [-0.1, -0.05) is 0 Å². The SMILES string of the molecule is Cc1cc(-n2cncn2)ccc1C(=O)N1CCOC(CC(=O)O)C1. The summed E-state index contributed by atoms with van der Waals surface area (Å²) in [6.07, 6.45) is 2.47. The fraction of sp³-hybridized carbons (Fsp3) is 0.375. The number of morpholine rings is 1. The molecule has 0 aliphatic carbocycles. The molecule has 1 aliphatic heterocycles. The van der Waals surface area contributed by atoms with Crippen molar-refractivity contribution < 1.29 is 19.4 Å². The van der Waals surface area contributed by atoms with Crippen molar-refractivity contribution in [2.24, 2.45) is 0 Å². The lowest BCUT2D eigenvalue weighted by molar-refractivity contribution is -0.141. The highest BCUT2D eigenvalue weighted by Crippen LogP contribution is 2.18. The van der Waals surface area contributed by atoms with Crippen molar-refractivity contribution in [2.75, 3.05) is 19.7 Å². The number of carboxylic acids is 1. The predicted molar refractivity (Wildman–Crippen MR) is 84.0 cm³/mol. The molecule has 8 heteroatoms. The summed E-state index contributed by atoms with van der Waals surface area (Å²) in [5, 5.41) is 12.9. The van der Waals surface area contributed by atoms with Crippen LogP contribution in [0.1, 0.15) is 22.3 Å². The molecule has 1 unspecified atom stereocenters. The number of carbonyl (C=O) groups is 2. The Hall–Kier alpha value is -2.74. The molecule has 1 aromatic heterocycles. The van der Waals surface area contributed by atoms with Crippen LogP contribution < -0.4 is 0 Å². The summed E-state index contributed by atoms with van der Waals surface area (Å²) >= 11 is 0. The number of carboxylic acid groups (broad SMARTS) is 1. The number of amides is 1. The summed E-state index contributed by atoms with van der Waals surface area (Å²) in [4.78, 5) is 29.1. The van der Waals surface area contributed by atoms with Crippen molar-refractivity contribution in [3.63, 3.8) is 0 Å². The van der Waals surface area contributed by atoms with E-state index in [1.807, 2.05) is 19.1 Å². The van der Waals surface area contributed by atoms with E-state index in [-0.39, 0.29) is 18.9 Å². The number of aliphatic carboxylic acids is 1. The highest BCUT2D eigenvalue weighted by Gasteiger charge is 2.27. The van der Waals surface area contributed by atoms with Crippen LogP contribution in [0.25, 0.3) is 5.69 Å². The minimum atomic E-state index is -0.928. The zero-order valence-corrected chi connectivity index (χ0v) is 13.3. The Morgan fingerprint density at radius 3 is 2.92 bits per heavy atom. The Labute approximate surface area is 138 Å². The summed E-state index contributed by atoms with van der Waals surface area (Å²) < 4.78 is 7.03. The van der Waals surface area contributed by atoms with Gasteiger partial charge in [-0.25, -0.2) is 9.67 Å². The van der Waals surface area contributed by atoms with E-state index >= 15 is 0 Å². The Kier molecular flexibility index (Phi) is 4.57. The Bertz CT molecular complexity index is 745. The molecule has 0 spiro atoms. The molecule has 1 aliphatic rings. The second kappa shape index (κ2) is 6.79. The molecule has 2 aromatic rings. The van der Waals surface area contributed by atoms with E-state index in [0.717, 1.165) is 11.3 Å². The molecule has 1 fully saturated rings. The molecule has 8 nitrogen and oxygen atoms in total. The third kappa shape index (κ3) is 3.43. The molecular weight excluding hydrogens is 312 g/mol. The molecule has 1 atom stereocenters. The van der Waals surface area contributed by atoms with Gasteiger partial charge in [0.2, 0.25) is 0 Å². The molecule has 3 rings (SSSR count). The Balaban J connectivity index is 1.76. The predicted octanol–water partition coefficient (Wildman–Crippen LogP) is 0.891. The second-order valence-electron chi connectivity index (χ2n) is 5.68. The monoisotopic (exact) mass is 330 g/mol. The van der Waals surface area contributed by atoms with Gasteiger partial charge in [0.15, 0.2) is 0 Å². The summed E-state index contributed by atoms with van der Waals surface area (Å²) in [7, 11) is 0. The second-order valence-corrected chi connectivity index (χ2v) is 5.68. The van der Waals surface area contributed by atoms with Gasteiger partial charge in [0.1, 0.15) is 12.7 Å². The van der Waals surface area contributed by atoms with Gasteiger partial charge in [0, 0.05) is 18.7 Å². The first-order valence-corrected chi connectivity index (χ1v) is 7.63. The van der Waals surface area contributed by atoms with Gasteiger partial charge in [-0.15, -0.1) is 0 Å². The summed E-state index contributed by atoms with van der Waals surface area (Å²) in [6, 6.07) is 5.44. The van der Waals surface area contributed by atoms with Crippen LogP contribution in [0.3, 0.4) is 0 Å². The first kappa shape index (κ1) is 16.1. The molecule has 0 saturated carbocycles. The van der Waals surface area contributed by atoms with Crippen molar-refractivity contribution in [1.82, 2.24) is 19.7 Å². The maximum atomic E-state index is 12.7. The number of aryl methyl sites for hydroxylation is 1. The molecule has 2 heterocycles. The number of ether oxygens (including phenoxy) is 1. The number of aromatic nitrogens is 3. The molecule has 1 N–H and O–H groups in total. The van der Waals surface area contributed by atoms with Crippen LogP contribution in [0.2, 0.25) is 0 Å². The van der Waals surface area contributed by atoms with Gasteiger partial charge < -0.3 is 14.7 Å². The number of carbonyl (C=O) groups excluding carboxylic acids is 1. The average Bonchev–Trinajstić information content (AvgIpc) is 3.08. The number of rotatable bonds is 4. The largest absolute Gasteiger partial charge is 0.481 e. The van der Waals surface area contributed by atoms with E-state index in [9.17, 15) is 9.59 Å². The van der Waals surface area contributed by atoms with E-state index in [4.69, 9.17) is 9.84 Å². The van der Waals surface area contributed by atoms with Gasteiger partial charge >= 0.3 is 5.97 Å². The number of benzene rings is 1. The van der Waals surface area contributed by atoms with Gasteiger partial charge in [0.05, 0.1) is 24.8 Å². The van der Waals surface area contributed by atoms with E-state index in [1.165, 1.54) is 6.33 Å². The summed E-state index contributed by atoms with van der Waals surface area (Å²) in [5.74, 6) is -1.04. The van der Waals surface area contributed by atoms with Crippen molar-refractivity contribution in [2.45, 2.75) is 19.4 Å². The first-order valence-electron chi connectivity index (χ1n) is 7.63. The Morgan fingerprint density at radius 2 is 2.25 bits per heavy atom. The van der Waals surface area contributed by atoms with Gasteiger partial charge in [-0.05, 0) is 30.7 Å². The van der Waals surface area contributed by atoms with Gasteiger partial charge in [-0.2, -0.15) is 5.10 Å². The van der Waals surface area contributed by atoms with Crippen LogP contribution in [-0.2, 0) is 9.53 Å². The summed E-state index contributed by atoms with van der Waals surface area (Å²) in [5.41, 5.74) is 2.25. The molecule has 1 saturated heterocycles. The van der Waals surface area contributed by atoms with E-state index in [1.54, 1.807) is 22.0 Å². The number of nitrogens with zero attached hydrogens (tertiary/aromatic N) is 4. The third-order valence-electron chi connectivity index (χ3n) is 3.95. The summed E-state index contributed by atoms with van der Waals surface area (Å²) in [6.45, 7) is 2.96. The molecule has 1 aromatic carbocycles. The van der Waals surface area contributed by atoms with Crippen molar-refractivity contribution in [1.29, 1.82) is 0 Å². The fourth-order valence-electron chi connectivity index (χ4n) is 2.76. The lowest BCUT2D eigenvalue weighted by Gasteiger charge is -2.32. The quantitative estimate of drug-likeness (QED) is 0.894. The van der Waals surface area contributed by atoms with Gasteiger partial charge in [-0.3, -0.25) is 9.59 Å². The minimum Gasteiger partial charge on any atom is -0.481 e. The highest BCUT2D eigenvalue weighted by atomic mass is 16.5. The minimum absolute atomic E-state index is 0.103. The van der Waals surface area contributed by atoms with Gasteiger partial charge in [0.25, 0.3) is 5.91 Å². The van der Waals surface area contributed by atoms with Crippen LogP contribution in [0.4, 0.5) is 0 Å². The van der Waals surface area contributed by atoms with Crippen LogP contribution >= 0.6 is 0 Å². The fourth-order valence-corrected chi connectivity index (χ4v) is 2.76. The lowest BCUT2D eigenvalue weighted by atomic mass is 10.1. The zero-order valence-electron chi connectivity index (χ0n) is 13.3. The maximum Gasteiger partial charge on any atom is 0.306 e. The van der Waals surface area contributed by atoms with E-state index in [0.29, 0.717) is 18.7 Å². The van der Waals surface area contributed by atoms with Crippen molar-refractivity contribution >= 4 is 11.9 Å². The average molecular weight is 330 g/mol. The standard InChI is InChI=1S/C16H18N4O4/c1-11-6-12(20-10-17-9-18-20)2-3-14(11)16(23)19-4-5-24-13(8-19)7-15(21)22/h2-3,6,9-10,13H,4-5,7-8H2,1H3,(H,21,22). The topological polar surface area (TPSA) is 97.5 Å². The van der Waals surface area contributed by atoms with Crippen LogP contribution in [0, 0.1) is 6.92 Å². The van der Waals surface area contributed by atoms with Crippen LogP contribution in [0.15, 0.2) is 30.9 Å². The van der Waals surface area contributed by atoms with Crippen LogP contribution in [-0.4, -0.2) is 62.4 Å². The maximum absolute atomic E-state index is 12.7. The normalized spacial score (nSPS) is 17.7. The smallest absolute Gasteiger partial charge is 0.306 e. The molecule has 126 valence electrons. The first-order chi connectivity index (χ1) is 11.5. The lowest BCUT2D eigenvalue weighted by Crippen LogP contribution is -2.46. The zero-order chi connectivity index (χ0) is 17.1. The molecular formula is C16H18N4O4. The molecule has 1 amide bonds. The van der Waals surface area contributed by atoms with Crippen molar-refractivity contribution in [3.05, 3.63) is 42.0 Å². The Morgan fingerprint density at radius 1 is 1.42 bits per heavy atom. The third-order valence-corrected chi connectivity index (χ3v) is 3.95. The van der Waals surface area contributed by atoms with E-state index in [2.05, 4.69) is 10.1 Å².